The third-order valence-corrected chi connectivity index (χ3v) is 5.00. The number of hydrogen-bond acceptors (Lipinski definition) is 0. The Hall–Kier alpha value is -1.14. The Morgan fingerprint density at radius 3 is 1.90 bits per heavy atom. The third kappa shape index (κ3) is 8.18. The maximum absolute atomic E-state index is 3.36. The van der Waals surface area contributed by atoms with Crippen molar-refractivity contribution in [1.29, 1.82) is 0 Å². The average Bonchev–Trinajstić information content (AvgIpc) is 3.20. The predicted octanol–water partition coefficient (Wildman–Crippen LogP) is 8.54. The predicted molar refractivity (Wildman–Crippen MR) is 136 cm³/mol. The quantitative estimate of drug-likeness (QED) is 0.283. The van der Waals surface area contributed by atoms with Gasteiger partial charge in [0.25, 0.3) is 0 Å². The van der Waals surface area contributed by atoms with Crippen molar-refractivity contribution >= 4 is 38.8 Å². The maximum atomic E-state index is 3.36. The van der Waals surface area contributed by atoms with Gasteiger partial charge in [0.15, 0.2) is 0 Å². The van der Waals surface area contributed by atoms with Gasteiger partial charge in [-0.2, -0.15) is 11.1 Å². The summed E-state index contributed by atoms with van der Waals surface area (Å²) >= 11 is 1.55. The van der Waals surface area contributed by atoms with Gasteiger partial charge in [0, 0.05) is 0 Å². The molecule has 30 heavy (non-hydrogen) atoms. The first-order chi connectivity index (χ1) is 13.3. The van der Waals surface area contributed by atoms with E-state index in [1.54, 1.807) is 24.2 Å². The van der Waals surface area contributed by atoms with Crippen LogP contribution in [0.1, 0.15) is 41.5 Å². The second-order valence-corrected chi connectivity index (χ2v) is 9.96. The largest absolute Gasteiger partial charge is 0.150 e. The van der Waals surface area contributed by atoms with Gasteiger partial charge in [0.05, 0.1) is 0 Å². The molecule has 0 heterocycles. The molecule has 3 aromatic carbocycles. The first-order valence-corrected chi connectivity index (χ1v) is 11.0. The van der Waals surface area contributed by atoms with Gasteiger partial charge in [0.1, 0.15) is 0 Å². The van der Waals surface area contributed by atoms with Crippen molar-refractivity contribution in [3.05, 3.63) is 89.5 Å². The second kappa shape index (κ2) is 14.0. The Kier molecular flexibility index (Phi) is 13.5. The molecule has 1 aliphatic rings. The molecule has 0 nitrogen and oxygen atoms in total. The van der Waals surface area contributed by atoms with E-state index in [-0.39, 0.29) is 24.8 Å². The van der Waals surface area contributed by atoms with Gasteiger partial charge in [-0.25, -0.2) is 5.57 Å². The zero-order chi connectivity index (χ0) is 20.7. The Morgan fingerprint density at radius 1 is 0.900 bits per heavy atom. The molecule has 0 saturated carbocycles. The summed E-state index contributed by atoms with van der Waals surface area (Å²) in [6.45, 7) is 12.9. The smallest absolute Gasteiger partial charge is 0.0623 e. The van der Waals surface area contributed by atoms with E-state index in [2.05, 4.69) is 114 Å². The van der Waals surface area contributed by atoms with Gasteiger partial charge in [0.2, 0.25) is 0 Å². The zero-order valence-corrected chi connectivity index (χ0v) is 22.8. The Morgan fingerprint density at radius 2 is 1.43 bits per heavy atom. The van der Waals surface area contributed by atoms with Crippen LogP contribution in [0.15, 0.2) is 83.4 Å². The molecular weight excluding hydrogens is 486 g/mol. The minimum absolute atomic E-state index is 0. The van der Waals surface area contributed by atoms with E-state index in [0.29, 0.717) is 5.92 Å². The van der Waals surface area contributed by atoms with Crippen LogP contribution < -0.4 is 0 Å². The first kappa shape index (κ1) is 28.9. The maximum Gasteiger partial charge on any atom is -0.0623 e. The van der Waals surface area contributed by atoms with E-state index in [1.807, 2.05) is 0 Å². The summed E-state index contributed by atoms with van der Waals surface area (Å²) in [5.41, 5.74) is 6.86. The number of allylic oxidation sites excluding steroid dienone is 4. The van der Waals surface area contributed by atoms with Crippen LogP contribution in [-0.2, 0) is 24.2 Å². The van der Waals surface area contributed by atoms with Crippen LogP contribution in [0.2, 0.25) is 0 Å². The van der Waals surface area contributed by atoms with Crippen molar-refractivity contribution in [2.45, 2.75) is 41.5 Å². The van der Waals surface area contributed by atoms with Crippen LogP contribution in [0.25, 0.3) is 21.9 Å². The summed E-state index contributed by atoms with van der Waals surface area (Å²) < 4.78 is 1.51. The molecule has 4 rings (SSSR count). The average molecular weight is 519 g/mol. The van der Waals surface area contributed by atoms with Gasteiger partial charge >= 0.3 is 41.3 Å². The van der Waals surface area contributed by atoms with Gasteiger partial charge in [-0.3, -0.25) is 6.08 Å². The summed E-state index contributed by atoms with van der Waals surface area (Å²) in [4.78, 5) is 0. The monoisotopic (exact) mass is 516 g/mol. The molecule has 0 N–H and O–H groups in total. The summed E-state index contributed by atoms with van der Waals surface area (Å²) in [7, 11) is 0. The summed E-state index contributed by atoms with van der Waals surface area (Å²) in [5.74, 6) is 0.560. The molecule has 0 bridgehead atoms. The van der Waals surface area contributed by atoms with Crippen molar-refractivity contribution in [2.75, 3.05) is 0 Å². The Labute approximate surface area is 210 Å². The number of halogens is 2. The molecule has 3 aromatic rings. The van der Waals surface area contributed by atoms with Crippen LogP contribution in [0.4, 0.5) is 0 Å². The molecule has 1 aliphatic carbocycles. The van der Waals surface area contributed by atoms with Gasteiger partial charge < -0.3 is 0 Å². The fourth-order valence-electron chi connectivity index (χ4n) is 3.18. The standard InChI is InChI=1S/C15H11.C9H13.C3H6.2ClH.Zr/c1-2-6-12(7-3-1)15-11-10-13-8-4-5-9-14(13)15;1-6-5-7(2)9(4)8(6)3;1-3-2;;;/h1-11H;6H,1-4H3;1-2H3;2*1H;/q2*-1;;;;+2. The fourth-order valence-corrected chi connectivity index (χ4v) is 3.18. The van der Waals surface area contributed by atoms with Crippen LogP contribution in [-0.4, -0.2) is 3.21 Å². The van der Waals surface area contributed by atoms with Crippen LogP contribution >= 0.6 is 24.8 Å². The van der Waals surface area contributed by atoms with E-state index < -0.39 is 0 Å². The minimum atomic E-state index is 0. The van der Waals surface area contributed by atoms with Crippen molar-refractivity contribution < 1.29 is 24.2 Å². The normalized spacial score (nSPS) is 14.4. The topological polar surface area (TPSA) is 0 Å². The van der Waals surface area contributed by atoms with Crippen molar-refractivity contribution in [2.24, 2.45) is 5.92 Å². The number of hydrogen-bond donors (Lipinski definition) is 0. The molecule has 1 atom stereocenters. The number of rotatable bonds is 1. The fraction of sp³-hybridized carbons (Fsp3) is 0.259. The molecule has 0 aromatic heterocycles. The SMILES string of the molecule is CC1=[C-]C(C)C(C)=C1C.C[C](C)=[Zr+2].Cl.Cl.c1ccc(-c2c[cH-]c3ccccc23)cc1. The van der Waals surface area contributed by atoms with Gasteiger partial charge in [-0.05, 0) is 0 Å². The van der Waals surface area contributed by atoms with Gasteiger partial charge in [-0.1, -0.05) is 68.7 Å². The Balaban J connectivity index is 0.000000486. The van der Waals surface area contributed by atoms with E-state index in [9.17, 15) is 0 Å². The number of fused-ring (bicyclic) bond motifs is 1. The van der Waals surface area contributed by atoms with E-state index >= 15 is 0 Å². The molecular formula is C27H32Cl2Zr. The molecule has 0 aliphatic heterocycles. The zero-order valence-electron chi connectivity index (χ0n) is 18.7. The van der Waals surface area contributed by atoms with Crippen LogP contribution in [0.5, 0.6) is 0 Å². The molecule has 158 valence electrons. The second-order valence-electron chi connectivity index (χ2n) is 7.50. The summed E-state index contributed by atoms with van der Waals surface area (Å²) in [5, 5.41) is 2.65. The summed E-state index contributed by atoms with van der Waals surface area (Å²) in [6, 6.07) is 23.4. The summed E-state index contributed by atoms with van der Waals surface area (Å²) in [6.07, 6.45) is 3.36. The first-order valence-electron chi connectivity index (χ1n) is 9.80. The molecule has 1 unspecified atom stereocenters. The Bertz CT molecular complexity index is 990. The molecule has 0 amide bonds. The van der Waals surface area contributed by atoms with E-state index in [0.717, 1.165) is 0 Å². The van der Waals surface area contributed by atoms with Gasteiger partial charge in [-0.15, -0.1) is 78.4 Å². The van der Waals surface area contributed by atoms with Crippen molar-refractivity contribution in [3.8, 4) is 11.1 Å². The van der Waals surface area contributed by atoms with Crippen LogP contribution in [0, 0.1) is 12.0 Å². The van der Waals surface area contributed by atoms with Crippen molar-refractivity contribution in [3.63, 3.8) is 0 Å². The van der Waals surface area contributed by atoms with Crippen LogP contribution in [0.3, 0.4) is 0 Å². The van der Waals surface area contributed by atoms with Crippen molar-refractivity contribution in [1.82, 2.24) is 0 Å². The molecule has 3 heteroatoms. The molecule has 0 radical (unpaired) electrons. The minimum Gasteiger partial charge on any atom is -0.150 e. The molecule has 0 fully saturated rings. The molecule has 0 spiro atoms. The molecule has 0 saturated heterocycles. The van der Waals surface area contributed by atoms with E-state index in [4.69, 9.17) is 0 Å². The number of benzene rings is 2. The third-order valence-electron chi connectivity index (χ3n) is 5.00. The van der Waals surface area contributed by atoms with E-state index in [1.165, 1.54) is 41.8 Å².